The van der Waals surface area contributed by atoms with Gasteiger partial charge in [-0.15, -0.1) is 0 Å². The molecular weight excluding hydrogens is 245 g/mol. The number of unbranched alkanes of at least 4 members (excludes halogenated alkanes) is 1. The summed E-state index contributed by atoms with van der Waals surface area (Å²) in [6, 6.07) is 5.70. The summed E-state index contributed by atoms with van der Waals surface area (Å²) in [6.45, 7) is 2.64. The molecule has 0 spiro atoms. The molecular formula is C12H17Cl2NO. The molecule has 0 aliphatic carbocycles. The van der Waals surface area contributed by atoms with Gasteiger partial charge in [0.05, 0.1) is 10.0 Å². The van der Waals surface area contributed by atoms with Crippen molar-refractivity contribution in [2.75, 3.05) is 20.3 Å². The van der Waals surface area contributed by atoms with Crippen molar-refractivity contribution in [1.82, 2.24) is 5.32 Å². The van der Waals surface area contributed by atoms with Crippen molar-refractivity contribution in [2.45, 2.75) is 19.4 Å². The largest absolute Gasteiger partial charge is 0.385 e. The van der Waals surface area contributed by atoms with Crippen LogP contribution in [0.4, 0.5) is 0 Å². The molecule has 0 saturated heterocycles. The van der Waals surface area contributed by atoms with Gasteiger partial charge in [-0.05, 0) is 37.1 Å². The molecule has 0 heterocycles. The summed E-state index contributed by atoms with van der Waals surface area (Å²) in [5.41, 5.74) is 1.15. The van der Waals surface area contributed by atoms with Gasteiger partial charge in [-0.1, -0.05) is 29.3 Å². The van der Waals surface area contributed by atoms with Crippen LogP contribution in [0, 0.1) is 0 Å². The van der Waals surface area contributed by atoms with E-state index >= 15 is 0 Å². The molecule has 0 bridgehead atoms. The molecule has 0 aromatic heterocycles. The zero-order valence-electron chi connectivity index (χ0n) is 9.43. The number of rotatable bonds is 7. The number of halogens is 2. The van der Waals surface area contributed by atoms with E-state index in [4.69, 9.17) is 27.9 Å². The van der Waals surface area contributed by atoms with Gasteiger partial charge in [-0.2, -0.15) is 0 Å². The van der Waals surface area contributed by atoms with Crippen molar-refractivity contribution in [1.29, 1.82) is 0 Å². The maximum atomic E-state index is 5.92. The van der Waals surface area contributed by atoms with Gasteiger partial charge < -0.3 is 10.1 Å². The lowest BCUT2D eigenvalue weighted by Crippen LogP contribution is -2.15. The average Bonchev–Trinajstić information content (AvgIpc) is 2.28. The van der Waals surface area contributed by atoms with Crippen LogP contribution in [0.1, 0.15) is 18.4 Å². The Labute approximate surface area is 107 Å². The molecule has 0 aliphatic rings. The third-order valence-electron chi connectivity index (χ3n) is 2.27. The summed E-state index contributed by atoms with van der Waals surface area (Å²) in [5.74, 6) is 0. The molecule has 90 valence electrons. The van der Waals surface area contributed by atoms with Crippen LogP contribution in [0.3, 0.4) is 0 Å². The molecule has 4 heteroatoms. The number of methoxy groups -OCH3 is 1. The van der Waals surface area contributed by atoms with Gasteiger partial charge in [0.25, 0.3) is 0 Å². The third kappa shape index (κ3) is 5.17. The molecule has 1 aromatic rings. The van der Waals surface area contributed by atoms with Crippen LogP contribution in [-0.2, 0) is 11.3 Å². The van der Waals surface area contributed by atoms with E-state index in [9.17, 15) is 0 Å². The van der Waals surface area contributed by atoms with Gasteiger partial charge >= 0.3 is 0 Å². The van der Waals surface area contributed by atoms with Crippen LogP contribution in [0.25, 0.3) is 0 Å². The predicted octanol–water partition coefficient (Wildman–Crippen LogP) is 3.51. The highest BCUT2D eigenvalue weighted by Crippen LogP contribution is 2.22. The van der Waals surface area contributed by atoms with Gasteiger partial charge in [0.1, 0.15) is 0 Å². The highest BCUT2D eigenvalue weighted by Gasteiger charge is 1.98. The van der Waals surface area contributed by atoms with Crippen molar-refractivity contribution in [3.63, 3.8) is 0 Å². The first-order chi connectivity index (χ1) is 7.74. The molecule has 0 atom stereocenters. The molecule has 1 N–H and O–H groups in total. The fourth-order valence-corrected chi connectivity index (χ4v) is 1.70. The standard InChI is InChI=1S/C12H17Cl2NO/c1-16-7-3-2-6-15-9-10-4-5-11(13)12(14)8-10/h4-5,8,15H,2-3,6-7,9H2,1H3. The fourth-order valence-electron chi connectivity index (χ4n) is 1.38. The van der Waals surface area contributed by atoms with Gasteiger partial charge in [0.15, 0.2) is 0 Å². The highest BCUT2D eigenvalue weighted by atomic mass is 35.5. The van der Waals surface area contributed by atoms with Gasteiger partial charge in [0.2, 0.25) is 0 Å². The Morgan fingerprint density at radius 1 is 1.19 bits per heavy atom. The lowest BCUT2D eigenvalue weighted by Gasteiger charge is -2.05. The quantitative estimate of drug-likeness (QED) is 0.759. The van der Waals surface area contributed by atoms with Crippen LogP contribution in [0.2, 0.25) is 10.0 Å². The Balaban J connectivity index is 2.19. The molecule has 0 radical (unpaired) electrons. The van der Waals surface area contributed by atoms with Crippen LogP contribution >= 0.6 is 23.2 Å². The molecule has 0 amide bonds. The maximum absolute atomic E-state index is 5.92. The summed E-state index contributed by atoms with van der Waals surface area (Å²) < 4.78 is 4.98. The summed E-state index contributed by atoms with van der Waals surface area (Å²) in [4.78, 5) is 0. The highest BCUT2D eigenvalue weighted by molar-refractivity contribution is 6.42. The minimum Gasteiger partial charge on any atom is -0.385 e. The number of ether oxygens (including phenoxy) is 1. The monoisotopic (exact) mass is 261 g/mol. The van der Waals surface area contributed by atoms with Crippen LogP contribution < -0.4 is 5.32 Å². The number of nitrogens with one attached hydrogen (secondary N) is 1. The van der Waals surface area contributed by atoms with E-state index in [1.165, 1.54) is 0 Å². The first-order valence-electron chi connectivity index (χ1n) is 5.37. The smallest absolute Gasteiger partial charge is 0.0595 e. The zero-order valence-corrected chi connectivity index (χ0v) is 10.9. The van der Waals surface area contributed by atoms with Crippen LogP contribution in [0.5, 0.6) is 0 Å². The second kappa shape index (κ2) is 7.91. The second-order valence-electron chi connectivity index (χ2n) is 3.63. The first-order valence-corrected chi connectivity index (χ1v) is 6.13. The van der Waals surface area contributed by atoms with Gasteiger partial charge in [0, 0.05) is 20.3 Å². The summed E-state index contributed by atoms with van der Waals surface area (Å²) in [5, 5.41) is 4.56. The molecule has 16 heavy (non-hydrogen) atoms. The van der Waals surface area contributed by atoms with E-state index in [2.05, 4.69) is 5.32 Å². The summed E-state index contributed by atoms with van der Waals surface area (Å²) >= 11 is 11.8. The fraction of sp³-hybridized carbons (Fsp3) is 0.500. The van der Waals surface area contributed by atoms with Crippen molar-refractivity contribution in [3.8, 4) is 0 Å². The molecule has 1 rings (SSSR count). The van der Waals surface area contributed by atoms with Gasteiger partial charge in [-0.25, -0.2) is 0 Å². The third-order valence-corrected chi connectivity index (χ3v) is 3.00. The summed E-state index contributed by atoms with van der Waals surface area (Å²) in [7, 11) is 1.73. The number of hydrogen-bond donors (Lipinski definition) is 1. The molecule has 2 nitrogen and oxygen atoms in total. The Morgan fingerprint density at radius 2 is 2.00 bits per heavy atom. The first kappa shape index (κ1) is 13.8. The van der Waals surface area contributed by atoms with Crippen molar-refractivity contribution < 1.29 is 4.74 Å². The van der Waals surface area contributed by atoms with E-state index in [1.807, 2.05) is 18.2 Å². The summed E-state index contributed by atoms with van der Waals surface area (Å²) in [6.07, 6.45) is 2.21. The molecule has 0 unspecified atom stereocenters. The zero-order chi connectivity index (χ0) is 11.8. The lowest BCUT2D eigenvalue weighted by molar-refractivity contribution is 0.192. The minimum absolute atomic E-state index is 0.602. The van der Waals surface area contributed by atoms with Crippen molar-refractivity contribution >= 4 is 23.2 Å². The number of benzene rings is 1. The molecule has 1 aromatic carbocycles. The normalized spacial score (nSPS) is 10.7. The number of hydrogen-bond acceptors (Lipinski definition) is 2. The predicted molar refractivity (Wildman–Crippen MR) is 69.3 cm³/mol. The van der Waals surface area contributed by atoms with E-state index < -0.39 is 0 Å². The topological polar surface area (TPSA) is 21.3 Å². The Morgan fingerprint density at radius 3 is 2.69 bits per heavy atom. The molecule has 0 fully saturated rings. The van der Waals surface area contributed by atoms with E-state index in [-0.39, 0.29) is 0 Å². The SMILES string of the molecule is COCCCCNCc1ccc(Cl)c(Cl)c1. The van der Waals surface area contributed by atoms with E-state index in [0.29, 0.717) is 10.0 Å². The average molecular weight is 262 g/mol. The van der Waals surface area contributed by atoms with Crippen molar-refractivity contribution in [3.05, 3.63) is 33.8 Å². The van der Waals surface area contributed by atoms with Crippen LogP contribution in [0.15, 0.2) is 18.2 Å². The lowest BCUT2D eigenvalue weighted by atomic mass is 10.2. The van der Waals surface area contributed by atoms with Crippen molar-refractivity contribution in [2.24, 2.45) is 0 Å². The minimum atomic E-state index is 0.602. The second-order valence-corrected chi connectivity index (χ2v) is 4.44. The Kier molecular flexibility index (Phi) is 6.81. The maximum Gasteiger partial charge on any atom is 0.0595 e. The van der Waals surface area contributed by atoms with Crippen LogP contribution in [-0.4, -0.2) is 20.3 Å². The van der Waals surface area contributed by atoms with Gasteiger partial charge in [-0.3, -0.25) is 0 Å². The van der Waals surface area contributed by atoms with E-state index in [0.717, 1.165) is 38.1 Å². The Hall–Kier alpha value is -0.280. The molecule has 0 saturated carbocycles. The van der Waals surface area contributed by atoms with E-state index in [1.54, 1.807) is 7.11 Å². The molecule has 0 aliphatic heterocycles. The Bertz CT molecular complexity index is 318.